The van der Waals surface area contributed by atoms with Gasteiger partial charge in [0.25, 0.3) is 5.91 Å². The zero-order valence-electron chi connectivity index (χ0n) is 16.0. The standard InChI is InChI=1S/C21H26ClN3O2/c1-4-25(5-2)20(18-8-6-7-9-19(18)22)14-23-21(27)16-10-12-17(13-11-16)24-15(3)26/h6-13,20H,4-5,14H2,1-3H3,(H,23,27)(H,24,26)/t20-/m1/s1. The Morgan fingerprint density at radius 3 is 2.22 bits per heavy atom. The van der Waals surface area contributed by atoms with Crippen molar-refractivity contribution in [2.24, 2.45) is 0 Å². The summed E-state index contributed by atoms with van der Waals surface area (Å²) in [6.07, 6.45) is 0. The summed E-state index contributed by atoms with van der Waals surface area (Å²) in [7, 11) is 0. The van der Waals surface area contributed by atoms with Gasteiger partial charge in [-0.25, -0.2) is 0 Å². The van der Waals surface area contributed by atoms with E-state index in [9.17, 15) is 9.59 Å². The van der Waals surface area contributed by atoms with Gasteiger partial charge in [0.1, 0.15) is 0 Å². The van der Waals surface area contributed by atoms with Gasteiger partial charge in [-0.2, -0.15) is 0 Å². The molecule has 2 aromatic carbocycles. The average Bonchev–Trinajstić information content (AvgIpc) is 2.66. The number of anilines is 1. The minimum absolute atomic E-state index is 0.00342. The zero-order valence-corrected chi connectivity index (χ0v) is 16.7. The largest absolute Gasteiger partial charge is 0.350 e. The Bertz CT molecular complexity index is 773. The molecule has 144 valence electrons. The highest BCUT2D eigenvalue weighted by Crippen LogP contribution is 2.27. The number of rotatable bonds is 8. The summed E-state index contributed by atoms with van der Waals surface area (Å²) in [6.45, 7) is 7.80. The molecule has 27 heavy (non-hydrogen) atoms. The van der Waals surface area contributed by atoms with E-state index in [0.29, 0.717) is 22.8 Å². The molecular formula is C21H26ClN3O2. The molecule has 0 aliphatic heterocycles. The molecule has 0 bridgehead atoms. The van der Waals surface area contributed by atoms with Crippen molar-refractivity contribution in [1.29, 1.82) is 0 Å². The van der Waals surface area contributed by atoms with Crippen LogP contribution in [0.1, 0.15) is 42.7 Å². The molecular weight excluding hydrogens is 362 g/mol. The molecule has 2 N–H and O–H groups in total. The van der Waals surface area contributed by atoms with Gasteiger partial charge < -0.3 is 10.6 Å². The molecule has 0 saturated heterocycles. The maximum absolute atomic E-state index is 12.5. The van der Waals surface area contributed by atoms with Crippen molar-refractivity contribution in [2.75, 3.05) is 25.0 Å². The quantitative estimate of drug-likeness (QED) is 0.716. The van der Waals surface area contributed by atoms with Crippen LogP contribution in [0.4, 0.5) is 5.69 Å². The first kappa shape index (κ1) is 20.9. The van der Waals surface area contributed by atoms with Crippen molar-refractivity contribution in [3.8, 4) is 0 Å². The van der Waals surface area contributed by atoms with Crippen molar-refractivity contribution < 1.29 is 9.59 Å². The SMILES string of the molecule is CCN(CC)[C@H](CNC(=O)c1ccc(NC(C)=O)cc1)c1ccccc1Cl. The minimum Gasteiger partial charge on any atom is -0.350 e. The third-order valence-electron chi connectivity index (χ3n) is 4.44. The second-order valence-corrected chi connectivity index (χ2v) is 6.63. The molecule has 0 fully saturated rings. The first-order valence-electron chi connectivity index (χ1n) is 9.10. The predicted molar refractivity (Wildman–Crippen MR) is 110 cm³/mol. The molecule has 2 aromatic rings. The Kier molecular flexibility index (Phi) is 7.82. The number of hydrogen-bond donors (Lipinski definition) is 2. The van der Waals surface area contributed by atoms with Crippen LogP contribution in [-0.4, -0.2) is 36.3 Å². The van der Waals surface area contributed by atoms with Gasteiger partial charge in [0.2, 0.25) is 5.91 Å². The number of likely N-dealkylation sites (N-methyl/N-ethyl adjacent to an activating group) is 1. The summed E-state index contributed by atoms with van der Waals surface area (Å²) in [5, 5.41) is 6.39. The highest BCUT2D eigenvalue weighted by atomic mass is 35.5. The van der Waals surface area contributed by atoms with Crippen LogP contribution < -0.4 is 10.6 Å². The summed E-state index contributed by atoms with van der Waals surface area (Å²) >= 11 is 6.39. The van der Waals surface area contributed by atoms with E-state index < -0.39 is 0 Å². The first-order valence-corrected chi connectivity index (χ1v) is 9.48. The summed E-state index contributed by atoms with van der Waals surface area (Å²) in [5.74, 6) is -0.303. The monoisotopic (exact) mass is 387 g/mol. The van der Waals surface area contributed by atoms with E-state index in [2.05, 4.69) is 29.4 Å². The Morgan fingerprint density at radius 1 is 1.04 bits per heavy atom. The second kappa shape index (κ2) is 10.1. The van der Waals surface area contributed by atoms with Crippen LogP contribution >= 0.6 is 11.6 Å². The van der Waals surface area contributed by atoms with Crippen LogP contribution in [0.3, 0.4) is 0 Å². The second-order valence-electron chi connectivity index (χ2n) is 6.23. The van der Waals surface area contributed by atoms with Gasteiger partial charge in [0, 0.05) is 29.7 Å². The lowest BCUT2D eigenvalue weighted by molar-refractivity contribution is -0.114. The number of carbonyl (C=O) groups is 2. The van der Waals surface area contributed by atoms with E-state index in [-0.39, 0.29) is 17.9 Å². The lowest BCUT2D eigenvalue weighted by Gasteiger charge is -2.31. The average molecular weight is 388 g/mol. The molecule has 2 amide bonds. The van der Waals surface area contributed by atoms with Gasteiger partial charge in [-0.3, -0.25) is 14.5 Å². The van der Waals surface area contributed by atoms with E-state index in [1.165, 1.54) is 6.92 Å². The van der Waals surface area contributed by atoms with Crippen LogP contribution in [-0.2, 0) is 4.79 Å². The summed E-state index contributed by atoms with van der Waals surface area (Å²) < 4.78 is 0. The Labute approximate surface area is 165 Å². The van der Waals surface area contributed by atoms with Crippen LogP contribution in [0.2, 0.25) is 5.02 Å². The summed E-state index contributed by atoms with van der Waals surface area (Å²) in [5.41, 5.74) is 2.21. The van der Waals surface area contributed by atoms with Gasteiger partial charge in [-0.1, -0.05) is 43.6 Å². The van der Waals surface area contributed by atoms with Crippen molar-refractivity contribution in [1.82, 2.24) is 10.2 Å². The fourth-order valence-electron chi connectivity index (χ4n) is 3.05. The Hall–Kier alpha value is -2.37. The van der Waals surface area contributed by atoms with Gasteiger partial charge in [-0.15, -0.1) is 0 Å². The van der Waals surface area contributed by atoms with E-state index in [1.807, 2.05) is 24.3 Å². The van der Waals surface area contributed by atoms with Crippen molar-refractivity contribution in [3.63, 3.8) is 0 Å². The Balaban J connectivity index is 2.11. The van der Waals surface area contributed by atoms with E-state index in [4.69, 9.17) is 11.6 Å². The van der Waals surface area contributed by atoms with Crippen molar-refractivity contribution in [2.45, 2.75) is 26.8 Å². The summed E-state index contributed by atoms with van der Waals surface area (Å²) in [6, 6.07) is 14.6. The number of nitrogens with one attached hydrogen (secondary N) is 2. The highest BCUT2D eigenvalue weighted by molar-refractivity contribution is 6.31. The molecule has 0 spiro atoms. The molecule has 0 unspecified atom stereocenters. The van der Waals surface area contributed by atoms with E-state index in [1.54, 1.807) is 24.3 Å². The molecule has 0 aromatic heterocycles. The van der Waals surface area contributed by atoms with Gasteiger partial charge in [0.05, 0.1) is 6.04 Å². The number of amides is 2. The van der Waals surface area contributed by atoms with E-state index >= 15 is 0 Å². The highest BCUT2D eigenvalue weighted by Gasteiger charge is 2.21. The fraction of sp³-hybridized carbons (Fsp3) is 0.333. The summed E-state index contributed by atoms with van der Waals surface area (Å²) in [4.78, 5) is 25.9. The van der Waals surface area contributed by atoms with Crippen LogP contribution in [0.5, 0.6) is 0 Å². The molecule has 0 aliphatic carbocycles. The van der Waals surface area contributed by atoms with Gasteiger partial charge in [0.15, 0.2) is 0 Å². The van der Waals surface area contributed by atoms with Gasteiger partial charge in [-0.05, 0) is 49.0 Å². The normalized spacial score (nSPS) is 11.9. The molecule has 0 heterocycles. The number of halogens is 1. The number of hydrogen-bond acceptors (Lipinski definition) is 3. The molecule has 5 nitrogen and oxygen atoms in total. The molecule has 6 heteroatoms. The third kappa shape index (κ3) is 5.81. The lowest BCUT2D eigenvalue weighted by atomic mass is 10.0. The van der Waals surface area contributed by atoms with Crippen LogP contribution in [0.15, 0.2) is 48.5 Å². The van der Waals surface area contributed by atoms with Crippen molar-refractivity contribution in [3.05, 3.63) is 64.7 Å². The third-order valence-corrected chi connectivity index (χ3v) is 4.78. The molecule has 2 rings (SSSR count). The van der Waals surface area contributed by atoms with Gasteiger partial charge >= 0.3 is 0 Å². The van der Waals surface area contributed by atoms with Crippen LogP contribution in [0.25, 0.3) is 0 Å². The van der Waals surface area contributed by atoms with Crippen molar-refractivity contribution >= 4 is 29.1 Å². The Morgan fingerprint density at radius 2 is 1.67 bits per heavy atom. The maximum atomic E-state index is 12.5. The number of benzene rings is 2. The fourth-order valence-corrected chi connectivity index (χ4v) is 3.31. The molecule has 0 aliphatic rings. The lowest BCUT2D eigenvalue weighted by Crippen LogP contribution is -2.38. The topological polar surface area (TPSA) is 61.4 Å². The zero-order chi connectivity index (χ0) is 19.8. The maximum Gasteiger partial charge on any atom is 0.251 e. The molecule has 1 atom stereocenters. The van der Waals surface area contributed by atoms with E-state index in [0.717, 1.165) is 18.7 Å². The number of carbonyl (C=O) groups excluding carboxylic acids is 2. The minimum atomic E-state index is -0.159. The van der Waals surface area contributed by atoms with Crippen LogP contribution in [0, 0.1) is 0 Å². The first-order chi connectivity index (χ1) is 13.0. The molecule has 0 saturated carbocycles. The predicted octanol–water partition coefficient (Wildman–Crippen LogP) is 4.11. The number of nitrogens with zero attached hydrogens (tertiary/aromatic N) is 1. The molecule has 0 radical (unpaired) electrons. The smallest absolute Gasteiger partial charge is 0.251 e.